The minimum Gasteiger partial charge on any atom is -0.386 e. The molecular formula is C16H18BN2O3. The number of carbonyl (C=O) groups is 2. The molecule has 1 aromatic rings. The molecule has 0 unspecified atom stereocenters. The highest BCUT2D eigenvalue weighted by Crippen LogP contribution is 2.36. The summed E-state index contributed by atoms with van der Waals surface area (Å²) in [6.07, 6.45) is 0.213. The molecule has 0 aliphatic carbocycles. The Labute approximate surface area is 130 Å². The van der Waals surface area contributed by atoms with Crippen LogP contribution in [0.5, 0.6) is 0 Å². The lowest BCUT2D eigenvalue weighted by Crippen LogP contribution is -2.50. The van der Waals surface area contributed by atoms with Crippen molar-refractivity contribution in [2.24, 2.45) is 0 Å². The van der Waals surface area contributed by atoms with Gasteiger partial charge in [0.05, 0.1) is 11.6 Å². The molecular weight excluding hydrogens is 279 g/mol. The fourth-order valence-corrected chi connectivity index (χ4v) is 3.22. The van der Waals surface area contributed by atoms with Gasteiger partial charge in [0.1, 0.15) is 12.4 Å². The Morgan fingerprint density at radius 1 is 1.36 bits per heavy atom. The van der Waals surface area contributed by atoms with Gasteiger partial charge in [-0.2, -0.15) is 0 Å². The van der Waals surface area contributed by atoms with E-state index < -0.39 is 6.23 Å². The molecule has 1 aromatic carbocycles. The molecule has 2 heterocycles. The topological polar surface area (TPSA) is 60.9 Å². The van der Waals surface area contributed by atoms with E-state index in [0.717, 1.165) is 16.7 Å². The standard InChI is InChI=1S/C16H18BN2O3/c1-9-4-14-16(22)19(17-8-20)13-6-11(3)10(2)5-12(13)15(21)18(14)7-9/h5-6,8,14,16,22H,1,4,7H2,2-3H3/t14-,16-/m0/s1. The second-order valence-electron chi connectivity index (χ2n) is 6.01. The number of aliphatic hydroxyl groups is 1. The van der Waals surface area contributed by atoms with Gasteiger partial charge < -0.3 is 19.6 Å². The molecule has 0 bridgehead atoms. The molecule has 2 aliphatic heterocycles. The Kier molecular flexibility index (Phi) is 3.57. The van der Waals surface area contributed by atoms with Crippen LogP contribution < -0.4 is 4.81 Å². The molecule has 1 fully saturated rings. The minimum atomic E-state index is -0.961. The molecule has 6 heteroatoms. The second kappa shape index (κ2) is 5.28. The first kappa shape index (κ1) is 14.8. The van der Waals surface area contributed by atoms with E-state index in [1.807, 2.05) is 26.0 Å². The molecule has 22 heavy (non-hydrogen) atoms. The SMILES string of the molecule is C=C1C[C@H]2[C@H](O)N([B]C=O)c3cc(C)c(C)cc3C(=O)N2C1. The van der Waals surface area contributed by atoms with Crippen molar-refractivity contribution < 1.29 is 14.7 Å². The van der Waals surface area contributed by atoms with Gasteiger partial charge >= 0.3 is 7.41 Å². The smallest absolute Gasteiger partial charge is 0.331 e. The zero-order valence-electron chi connectivity index (χ0n) is 12.7. The maximum Gasteiger partial charge on any atom is 0.331 e. The summed E-state index contributed by atoms with van der Waals surface area (Å²) in [6, 6.07) is 3.29. The highest BCUT2D eigenvalue weighted by Gasteiger charge is 2.43. The van der Waals surface area contributed by atoms with Crippen LogP contribution in [-0.2, 0) is 4.79 Å². The third kappa shape index (κ3) is 2.15. The van der Waals surface area contributed by atoms with E-state index in [4.69, 9.17) is 0 Å². The normalized spacial score (nSPS) is 24.0. The van der Waals surface area contributed by atoms with Crippen LogP contribution in [0.3, 0.4) is 0 Å². The van der Waals surface area contributed by atoms with Gasteiger partial charge in [-0.05, 0) is 43.5 Å². The van der Waals surface area contributed by atoms with E-state index in [2.05, 4.69) is 6.58 Å². The van der Waals surface area contributed by atoms with Gasteiger partial charge in [-0.15, -0.1) is 0 Å². The molecule has 0 spiro atoms. The van der Waals surface area contributed by atoms with Gasteiger partial charge in [-0.25, -0.2) is 0 Å². The molecule has 1 amide bonds. The summed E-state index contributed by atoms with van der Waals surface area (Å²) in [6.45, 7) is 8.27. The third-order valence-corrected chi connectivity index (χ3v) is 4.52. The summed E-state index contributed by atoms with van der Waals surface area (Å²) < 4.78 is 0. The summed E-state index contributed by atoms with van der Waals surface area (Å²) in [4.78, 5) is 27.0. The lowest BCUT2D eigenvalue weighted by atomic mass is 9.89. The predicted octanol–water partition coefficient (Wildman–Crippen LogP) is 1.02. The van der Waals surface area contributed by atoms with Gasteiger partial charge in [-0.3, -0.25) is 4.79 Å². The molecule has 1 N–H and O–H groups in total. The van der Waals surface area contributed by atoms with Gasteiger partial charge in [0, 0.05) is 12.2 Å². The Morgan fingerprint density at radius 2 is 2.05 bits per heavy atom. The quantitative estimate of drug-likeness (QED) is 0.503. The van der Waals surface area contributed by atoms with E-state index in [1.54, 1.807) is 4.90 Å². The van der Waals surface area contributed by atoms with E-state index in [0.29, 0.717) is 30.4 Å². The number of aliphatic hydroxyl groups excluding tert-OH is 1. The number of fused-ring (bicyclic) bond motifs is 2. The fourth-order valence-electron chi connectivity index (χ4n) is 3.22. The van der Waals surface area contributed by atoms with E-state index in [-0.39, 0.29) is 11.9 Å². The number of hydrogen-bond donors (Lipinski definition) is 1. The molecule has 1 saturated heterocycles. The van der Waals surface area contributed by atoms with Crippen molar-refractivity contribution in [3.05, 3.63) is 41.0 Å². The van der Waals surface area contributed by atoms with Crippen LogP contribution in [0.4, 0.5) is 5.69 Å². The molecule has 5 nitrogen and oxygen atoms in total. The Hall–Kier alpha value is -2.08. The maximum absolute atomic E-state index is 12.9. The monoisotopic (exact) mass is 297 g/mol. The molecule has 113 valence electrons. The first-order valence-electron chi connectivity index (χ1n) is 7.28. The number of anilines is 1. The van der Waals surface area contributed by atoms with Gasteiger partial charge in [-0.1, -0.05) is 12.2 Å². The van der Waals surface area contributed by atoms with E-state index >= 15 is 0 Å². The lowest BCUT2D eigenvalue weighted by Gasteiger charge is -2.32. The Bertz CT molecular complexity index is 674. The zero-order valence-corrected chi connectivity index (χ0v) is 12.7. The van der Waals surface area contributed by atoms with Crippen molar-refractivity contribution in [1.29, 1.82) is 0 Å². The molecule has 0 saturated carbocycles. The number of hydrogen-bond acceptors (Lipinski definition) is 4. The van der Waals surface area contributed by atoms with E-state index in [9.17, 15) is 14.7 Å². The van der Waals surface area contributed by atoms with Crippen LogP contribution in [0.1, 0.15) is 27.9 Å². The van der Waals surface area contributed by atoms with Crippen LogP contribution in [-0.4, -0.2) is 48.3 Å². The number of aryl methyl sites for hydroxylation is 2. The Balaban J connectivity index is 2.19. The van der Waals surface area contributed by atoms with Gasteiger partial charge in [0.15, 0.2) is 0 Å². The predicted molar refractivity (Wildman–Crippen MR) is 85.5 cm³/mol. The molecule has 1 radical (unpaired) electrons. The first-order valence-corrected chi connectivity index (χ1v) is 7.28. The number of carbonyl (C=O) groups excluding carboxylic acids is 2. The maximum atomic E-state index is 12.9. The third-order valence-electron chi connectivity index (χ3n) is 4.52. The van der Waals surface area contributed by atoms with Gasteiger partial charge in [0.25, 0.3) is 5.91 Å². The van der Waals surface area contributed by atoms with Crippen LogP contribution in [0.2, 0.25) is 0 Å². The summed E-state index contributed by atoms with van der Waals surface area (Å²) in [5.41, 5.74) is 4.01. The fraction of sp³-hybridized carbons (Fsp3) is 0.375. The van der Waals surface area contributed by atoms with Crippen molar-refractivity contribution >= 4 is 25.2 Å². The molecule has 3 rings (SSSR count). The van der Waals surface area contributed by atoms with Gasteiger partial charge in [0.2, 0.25) is 0 Å². The van der Waals surface area contributed by atoms with Crippen LogP contribution >= 0.6 is 0 Å². The van der Waals surface area contributed by atoms with Crippen molar-refractivity contribution in [3.63, 3.8) is 0 Å². The summed E-state index contributed by atoms with van der Waals surface area (Å²) >= 11 is 0. The average molecular weight is 297 g/mol. The summed E-state index contributed by atoms with van der Waals surface area (Å²) in [5.74, 6) is -0.123. The zero-order chi connectivity index (χ0) is 16.0. The molecule has 2 aliphatic rings. The summed E-state index contributed by atoms with van der Waals surface area (Å²) in [7, 11) is 1.29. The molecule has 2 atom stereocenters. The Morgan fingerprint density at radius 3 is 2.73 bits per heavy atom. The number of amides is 1. The minimum absolute atomic E-state index is 0.123. The second-order valence-corrected chi connectivity index (χ2v) is 6.01. The van der Waals surface area contributed by atoms with Crippen molar-refractivity contribution in [2.45, 2.75) is 32.5 Å². The van der Waals surface area contributed by atoms with Crippen molar-refractivity contribution in [1.82, 2.24) is 4.90 Å². The summed E-state index contributed by atoms with van der Waals surface area (Å²) in [5, 5.41) is 10.7. The first-order chi connectivity index (χ1) is 10.4. The number of nitrogens with zero attached hydrogens (tertiary/aromatic N) is 2. The molecule has 0 aromatic heterocycles. The van der Waals surface area contributed by atoms with Crippen molar-refractivity contribution in [3.8, 4) is 0 Å². The van der Waals surface area contributed by atoms with E-state index in [1.165, 1.54) is 12.2 Å². The number of benzene rings is 1. The van der Waals surface area contributed by atoms with Crippen LogP contribution in [0, 0.1) is 13.8 Å². The largest absolute Gasteiger partial charge is 0.386 e. The van der Waals surface area contributed by atoms with Crippen LogP contribution in [0.25, 0.3) is 0 Å². The van der Waals surface area contributed by atoms with Crippen LogP contribution in [0.15, 0.2) is 24.3 Å². The highest BCUT2D eigenvalue weighted by atomic mass is 16.3. The van der Waals surface area contributed by atoms with Crippen molar-refractivity contribution in [2.75, 3.05) is 11.4 Å². The lowest BCUT2D eigenvalue weighted by molar-refractivity contribution is 0.0551. The number of rotatable bonds is 2. The average Bonchev–Trinajstić information content (AvgIpc) is 2.85. The highest BCUT2D eigenvalue weighted by molar-refractivity contribution is 6.70.